The number of nitrogens with one attached hydrogen (secondary N) is 1. The number of carbonyl (C=O) groups is 1. The first-order valence-electron chi connectivity index (χ1n) is 6.25. The van der Waals surface area contributed by atoms with Crippen LogP contribution in [0.15, 0.2) is 59.7 Å². The van der Waals surface area contributed by atoms with E-state index in [1.165, 1.54) is 0 Å². The highest BCUT2D eigenvalue weighted by Gasteiger charge is 2.04. The molecule has 0 radical (unpaired) electrons. The van der Waals surface area contributed by atoms with Gasteiger partial charge in [0.05, 0.1) is 12.8 Å². The highest BCUT2D eigenvalue weighted by Crippen LogP contribution is 2.13. The zero-order valence-corrected chi connectivity index (χ0v) is 11.5. The van der Waals surface area contributed by atoms with E-state index < -0.39 is 0 Å². The van der Waals surface area contributed by atoms with Crippen LogP contribution in [0.5, 0.6) is 5.75 Å². The summed E-state index contributed by atoms with van der Waals surface area (Å²) in [6.45, 7) is 1.83. The van der Waals surface area contributed by atoms with E-state index in [9.17, 15) is 4.79 Å². The van der Waals surface area contributed by atoms with Crippen LogP contribution in [0.3, 0.4) is 0 Å². The first kappa shape index (κ1) is 13.8. The molecule has 0 saturated heterocycles. The van der Waals surface area contributed by atoms with E-state index in [1.807, 2.05) is 49.4 Å². The summed E-state index contributed by atoms with van der Waals surface area (Å²) in [5, 5.41) is 4.11. The van der Waals surface area contributed by atoms with Gasteiger partial charge >= 0.3 is 0 Å². The predicted octanol–water partition coefficient (Wildman–Crippen LogP) is 2.85. The number of carbonyl (C=O) groups excluding carboxylic acids is 1. The summed E-state index contributed by atoms with van der Waals surface area (Å²) >= 11 is 0. The lowest BCUT2D eigenvalue weighted by molar-refractivity contribution is 0.0955. The van der Waals surface area contributed by atoms with Crippen molar-refractivity contribution in [3.8, 4) is 5.75 Å². The van der Waals surface area contributed by atoms with Crippen molar-refractivity contribution in [2.75, 3.05) is 7.11 Å². The van der Waals surface area contributed by atoms with Crippen molar-refractivity contribution >= 4 is 11.6 Å². The largest absolute Gasteiger partial charge is 0.497 e. The number of hydrogen-bond acceptors (Lipinski definition) is 3. The normalized spacial score (nSPS) is 11.0. The van der Waals surface area contributed by atoms with Crippen molar-refractivity contribution < 1.29 is 9.53 Å². The van der Waals surface area contributed by atoms with Gasteiger partial charge in [-0.05, 0) is 31.2 Å². The molecule has 0 heterocycles. The second-order valence-electron chi connectivity index (χ2n) is 4.24. The van der Waals surface area contributed by atoms with Gasteiger partial charge in [0, 0.05) is 11.1 Å². The smallest absolute Gasteiger partial charge is 0.271 e. The molecule has 0 unspecified atom stereocenters. The average molecular weight is 268 g/mol. The molecule has 20 heavy (non-hydrogen) atoms. The number of benzene rings is 2. The van der Waals surface area contributed by atoms with Crippen LogP contribution >= 0.6 is 0 Å². The number of methoxy groups -OCH3 is 1. The second-order valence-corrected chi connectivity index (χ2v) is 4.24. The van der Waals surface area contributed by atoms with Gasteiger partial charge in [0.2, 0.25) is 0 Å². The topological polar surface area (TPSA) is 50.7 Å². The molecule has 0 aliphatic rings. The maximum absolute atomic E-state index is 11.9. The lowest BCUT2D eigenvalue weighted by Gasteiger charge is -2.05. The standard InChI is InChI=1S/C16H16N2O2/c1-12(14-9-6-10-15(11-14)20-2)17-18-16(19)13-7-4-3-5-8-13/h3-11H,1-2H3,(H,18,19)/b17-12+. The van der Waals surface area contributed by atoms with Gasteiger partial charge in [0.25, 0.3) is 5.91 Å². The van der Waals surface area contributed by atoms with Crippen LogP contribution in [0, 0.1) is 0 Å². The zero-order valence-electron chi connectivity index (χ0n) is 11.5. The predicted molar refractivity (Wildman–Crippen MR) is 79.1 cm³/mol. The molecular formula is C16H16N2O2. The first-order valence-corrected chi connectivity index (χ1v) is 6.25. The molecule has 0 aromatic heterocycles. The molecule has 1 N–H and O–H groups in total. The Morgan fingerprint density at radius 2 is 1.75 bits per heavy atom. The van der Waals surface area contributed by atoms with Crippen molar-refractivity contribution in [1.82, 2.24) is 5.43 Å². The van der Waals surface area contributed by atoms with Crippen molar-refractivity contribution in [2.45, 2.75) is 6.92 Å². The molecule has 1 amide bonds. The maximum atomic E-state index is 11.9. The Morgan fingerprint density at radius 3 is 2.45 bits per heavy atom. The summed E-state index contributed by atoms with van der Waals surface area (Å²) in [6, 6.07) is 16.5. The van der Waals surface area contributed by atoms with Crippen molar-refractivity contribution in [1.29, 1.82) is 0 Å². The lowest BCUT2D eigenvalue weighted by Crippen LogP contribution is -2.19. The SMILES string of the molecule is COc1cccc(/C(C)=N/NC(=O)c2ccccc2)c1. The Morgan fingerprint density at radius 1 is 1.05 bits per heavy atom. The van der Waals surface area contributed by atoms with Gasteiger partial charge in [-0.15, -0.1) is 0 Å². The summed E-state index contributed by atoms with van der Waals surface area (Å²) in [4.78, 5) is 11.9. The summed E-state index contributed by atoms with van der Waals surface area (Å²) in [7, 11) is 1.61. The molecule has 0 bridgehead atoms. The number of hydrogen-bond donors (Lipinski definition) is 1. The van der Waals surface area contributed by atoms with E-state index in [-0.39, 0.29) is 5.91 Å². The Labute approximate surface area is 118 Å². The number of amides is 1. The Bertz CT molecular complexity index is 621. The van der Waals surface area contributed by atoms with Gasteiger partial charge in [-0.3, -0.25) is 4.79 Å². The molecule has 4 nitrogen and oxygen atoms in total. The van der Waals surface area contributed by atoms with E-state index >= 15 is 0 Å². The minimum absolute atomic E-state index is 0.229. The molecule has 2 rings (SSSR count). The van der Waals surface area contributed by atoms with Crippen LogP contribution in [-0.2, 0) is 0 Å². The third-order valence-corrected chi connectivity index (χ3v) is 2.85. The summed E-state index contributed by atoms with van der Waals surface area (Å²) < 4.78 is 5.16. The van der Waals surface area contributed by atoms with Crippen molar-refractivity contribution in [3.05, 3.63) is 65.7 Å². The van der Waals surface area contributed by atoms with Crippen LogP contribution in [0.4, 0.5) is 0 Å². The fourth-order valence-corrected chi connectivity index (χ4v) is 1.70. The van der Waals surface area contributed by atoms with Crippen LogP contribution < -0.4 is 10.2 Å². The first-order chi connectivity index (χ1) is 9.70. The van der Waals surface area contributed by atoms with Crippen LogP contribution in [0.25, 0.3) is 0 Å². The van der Waals surface area contributed by atoms with Gasteiger partial charge in [0.1, 0.15) is 5.75 Å². The highest BCUT2D eigenvalue weighted by atomic mass is 16.5. The Balaban J connectivity index is 2.09. The fraction of sp³-hybridized carbons (Fsp3) is 0.125. The summed E-state index contributed by atoms with van der Waals surface area (Å²) in [5.74, 6) is 0.527. The van der Waals surface area contributed by atoms with Crippen LogP contribution in [0.2, 0.25) is 0 Å². The van der Waals surface area contributed by atoms with Crippen molar-refractivity contribution in [3.63, 3.8) is 0 Å². The third-order valence-electron chi connectivity index (χ3n) is 2.85. The van der Waals surface area contributed by atoms with E-state index in [0.29, 0.717) is 11.3 Å². The molecule has 0 aliphatic carbocycles. The quantitative estimate of drug-likeness (QED) is 0.684. The molecule has 0 spiro atoms. The molecule has 0 saturated carbocycles. The zero-order chi connectivity index (χ0) is 14.4. The second kappa shape index (κ2) is 6.52. The minimum Gasteiger partial charge on any atom is -0.497 e. The fourth-order valence-electron chi connectivity index (χ4n) is 1.70. The van der Waals surface area contributed by atoms with E-state index in [1.54, 1.807) is 19.2 Å². The van der Waals surface area contributed by atoms with Gasteiger partial charge in [-0.25, -0.2) is 5.43 Å². The van der Waals surface area contributed by atoms with Gasteiger partial charge < -0.3 is 4.74 Å². The highest BCUT2D eigenvalue weighted by molar-refractivity contribution is 6.01. The number of nitrogens with zero attached hydrogens (tertiary/aromatic N) is 1. The lowest BCUT2D eigenvalue weighted by atomic mass is 10.1. The molecule has 0 aliphatic heterocycles. The molecular weight excluding hydrogens is 252 g/mol. The number of ether oxygens (including phenoxy) is 1. The van der Waals surface area contributed by atoms with Crippen molar-refractivity contribution in [2.24, 2.45) is 5.10 Å². The molecule has 0 atom stereocenters. The monoisotopic (exact) mass is 268 g/mol. The molecule has 102 valence electrons. The third kappa shape index (κ3) is 3.45. The Hall–Kier alpha value is -2.62. The maximum Gasteiger partial charge on any atom is 0.271 e. The number of rotatable bonds is 4. The van der Waals surface area contributed by atoms with Gasteiger partial charge in [0.15, 0.2) is 0 Å². The van der Waals surface area contributed by atoms with E-state index in [4.69, 9.17) is 4.74 Å². The van der Waals surface area contributed by atoms with Gasteiger partial charge in [-0.1, -0.05) is 30.3 Å². The van der Waals surface area contributed by atoms with Crippen LogP contribution in [-0.4, -0.2) is 18.7 Å². The molecule has 2 aromatic rings. The van der Waals surface area contributed by atoms with Crippen LogP contribution in [0.1, 0.15) is 22.8 Å². The molecule has 2 aromatic carbocycles. The average Bonchev–Trinajstić information content (AvgIpc) is 2.53. The summed E-state index contributed by atoms with van der Waals surface area (Å²) in [6.07, 6.45) is 0. The van der Waals surface area contributed by atoms with Gasteiger partial charge in [-0.2, -0.15) is 5.10 Å². The Kier molecular flexibility index (Phi) is 4.50. The molecule has 0 fully saturated rings. The summed E-state index contributed by atoms with van der Waals surface area (Å²) in [5.41, 5.74) is 4.74. The minimum atomic E-state index is -0.229. The molecule has 4 heteroatoms. The number of hydrazone groups is 1. The van der Waals surface area contributed by atoms with E-state index in [2.05, 4.69) is 10.5 Å². The van der Waals surface area contributed by atoms with E-state index in [0.717, 1.165) is 11.3 Å².